The quantitative estimate of drug-likeness (QED) is 0.564. The Kier molecular flexibility index (Phi) is 6.57. The molecule has 4 heteroatoms. The Hall–Kier alpha value is -0.480. The molecular weight excluding hydrogens is 220 g/mol. The summed E-state index contributed by atoms with van der Waals surface area (Å²) in [6.45, 7) is 6.76. The van der Waals surface area contributed by atoms with Crippen LogP contribution in [0.3, 0.4) is 0 Å². The second-order valence-electron chi connectivity index (χ2n) is 4.38. The SMILES string of the molecule is C=CCSCC(=O)NCC1CCCN(C)C1. The van der Waals surface area contributed by atoms with Gasteiger partial charge in [0.1, 0.15) is 0 Å². The summed E-state index contributed by atoms with van der Waals surface area (Å²) in [6.07, 6.45) is 4.32. The van der Waals surface area contributed by atoms with Crippen molar-refractivity contribution in [1.82, 2.24) is 10.2 Å². The molecule has 16 heavy (non-hydrogen) atoms. The lowest BCUT2D eigenvalue weighted by Crippen LogP contribution is -2.39. The molecule has 0 aromatic rings. The molecule has 1 N–H and O–H groups in total. The van der Waals surface area contributed by atoms with Crippen molar-refractivity contribution in [3.8, 4) is 0 Å². The Morgan fingerprint density at radius 3 is 3.19 bits per heavy atom. The molecule has 1 amide bonds. The summed E-state index contributed by atoms with van der Waals surface area (Å²) in [7, 11) is 2.15. The second-order valence-corrected chi connectivity index (χ2v) is 5.41. The van der Waals surface area contributed by atoms with Crippen LogP contribution >= 0.6 is 11.8 Å². The minimum Gasteiger partial charge on any atom is -0.355 e. The third kappa shape index (κ3) is 5.56. The Bertz CT molecular complexity index is 233. The van der Waals surface area contributed by atoms with E-state index in [0.717, 1.165) is 18.8 Å². The van der Waals surface area contributed by atoms with E-state index in [-0.39, 0.29) is 5.91 Å². The number of nitrogens with zero attached hydrogens (tertiary/aromatic N) is 1. The largest absolute Gasteiger partial charge is 0.355 e. The molecule has 0 aromatic heterocycles. The van der Waals surface area contributed by atoms with Gasteiger partial charge in [-0.15, -0.1) is 18.3 Å². The van der Waals surface area contributed by atoms with Crippen LogP contribution in [-0.2, 0) is 4.79 Å². The summed E-state index contributed by atoms with van der Waals surface area (Å²) in [5.74, 6) is 2.18. The summed E-state index contributed by atoms with van der Waals surface area (Å²) in [5.41, 5.74) is 0. The van der Waals surface area contributed by atoms with Gasteiger partial charge in [-0.25, -0.2) is 0 Å². The molecule has 0 bridgehead atoms. The summed E-state index contributed by atoms with van der Waals surface area (Å²) in [6, 6.07) is 0. The first-order valence-corrected chi connectivity index (χ1v) is 7.01. The zero-order chi connectivity index (χ0) is 11.8. The van der Waals surface area contributed by atoms with Crippen molar-refractivity contribution in [2.45, 2.75) is 12.8 Å². The van der Waals surface area contributed by atoms with Gasteiger partial charge in [-0.1, -0.05) is 6.08 Å². The number of nitrogens with one attached hydrogen (secondary N) is 1. The van der Waals surface area contributed by atoms with Gasteiger partial charge in [0.15, 0.2) is 0 Å². The van der Waals surface area contributed by atoms with Crippen molar-refractivity contribution >= 4 is 17.7 Å². The molecule has 1 unspecified atom stereocenters. The zero-order valence-electron chi connectivity index (χ0n) is 10.1. The first-order chi connectivity index (χ1) is 7.72. The number of piperidine rings is 1. The van der Waals surface area contributed by atoms with Crippen LogP contribution in [0.2, 0.25) is 0 Å². The highest BCUT2D eigenvalue weighted by atomic mass is 32.2. The smallest absolute Gasteiger partial charge is 0.230 e. The van der Waals surface area contributed by atoms with Crippen LogP contribution in [-0.4, -0.2) is 49.0 Å². The minimum atomic E-state index is 0.153. The molecule has 1 aliphatic heterocycles. The monoisotopic (exact) mass is 242 g/mol. The number of likely N-dealkylation sites (tertiary alicyclic amines) is 1. The molecule has 0 aromatic carbocycles. The van der Waals surface area contributed by atoms with Crippen molar-refractivity contribution in [1.29, 1.82) is 0 Å². The van der Waals surface area contributed by atoms with Crippen LogP contribution in [0.15, 0.2) is 12.7 Å². The third-order valence-electron chi connectivity index (χ3n) is 2.78. The van der Waals surface area contributed by atoms with E-state index in [1.807, 2.05) is 6.08 Å². The maximum absolute atomic E-state index is 11.5. The number of amides is 1. The number of hydrogen-bond donors (Lipinski definition) is 1. The van der Waals surface area contributed by atoms with Gasteiger partial charge in [0.2, 0.25) is 5.91 Å². The molecule has 3 nitrogen and oxygen atoms in total. The number of rotatable bonds is 6. The van der Waals surface area contributed by atoms with Gasteiger partial charge in [-0.3, -0.25) is 4.79 Å². The fourth-order valence-electron chi connectivity index (χ4n) is 1.98. The molecule has 1 fully saturated rings. The molecule has 1 heterocycles. The van der Waals surface area contributed by atoms with E-state index >= 15 is 0 Å². The van der Waals surface area contributed by atoms with Crippen LogP contribution in [0.5, 0.6) is 0 Å². The van der Waals surface area contributed by atoms with Gasteiger partial charge in [0.05, 0.1) is 5.75 Å². The molecule has 1 rings (SSSR count). The molecular formula is C12H22N2OS. The van der Waals surface area contributed by atoms with Crippen molar-refractivity contribution in [3.63, 3.8) is 0 Å². The lowest BCUT2D eigenvalue weighted by Gasteiger charge is -2.29. The first-order valence-electron chi connectivity index (χ1n) is 5.86. The maximum atomic E-state index is 11.5. The first kappa shape index (κ1) is 13.6. The predicted molar refractivity (Wildman–Crippen MR) is 70.8 cm³/mol. The van der Waals surface area contributed by atoms with E-state index in [0.29, 0.717) is 11.7 Å². The van der Waals surface area contributed by atoms with Crippen LogP contribution < -0.4 is 5.32 Å². The Morgan fingerprint density at radius 1 is 1.69 bits per heavy atom. The van der Waals surface area contributed by atoms with Crippen molar-refractivity contribution < 1.29 is 4.79 Å². The maximum Gasteiger partial charge on any atom is 0.230 e. The van der Waals surface area contributed by atoms with Gasteiger partial charge in [-0.05, 0) is 32.4 Å². The molecule has 0 aliphatic carbocycles. The van der Waals surface area contributed by atoms with Gasteiger partial charge < -0.3 is 10.2 Å². The van der Waals surface area contributed by atoms with Crippen molar-refractivity contribution in [2.75, 3.05) is 38.2 Å². The zero-order valence-corrected chi connectivity index (χ0v) is 10.9. The molecule has 0 saturated carbocycles. The van der Waals surface area contributed by atoms with E-state index in [2.05, 4.69) is 23.8 Å². The van der Waals surface area contributed by atoms with E-state index in [9.17, 15) is 4.79 Å². The summed E-state index contributed by atoms with van der Waals surface area (Å²) >= 11 is 1.61. The highest BCUT2D eigenvalue weighted by Gasteiger charge is 2.17. The second kappa shape index (κ2) is 7.74. The number of carbonyl (C=O) groups is 1. The third-order valence-corrected chi connectivity index (χ3v) is 3.72. The Balaban J connectivity index is 2.08. The molecule has 0 spiro atoms. The van der Waals surface area contributed by atoms with Crippen LogP contribution in [0, 0.1) is 5.92 Å². The highest BCUT2D eigenvalue weighted by molar-refractivity contribution is 8.00. The summed E-state index contributed by atoms with van der Waals surface area (Å²) in [4.78, 5) is 13.8. The standard InChI is InChI=1S/C12H22N2OS/c1-3-7-16-10-12(15)13-8-11-5-4-6-14(2)9-11/h3,11H,1,4-10H2,2H3,(H,13,15). The van der Waals surface area contributed by atoms with E-state index < -0.39 is 0 Å². The normalized spacial score (nSPS) is 21.7. The lowest BCUT2D eigenvalue weighted by molar-refractivity contribution is -0.118. The number of hydrogen-bond acceptors (Lipinski definition) is 3. The molecule has 1 aliphatic rings. The Labute approximate surface area is 103 Å². The van der Waals surface area contributed by atoms with Crippen LogP contribution in [0.1, 0.15) is 12.8 Å². The highest BCUT2D eigenvalue weighted by Crippen LogP contribution is 2.13. The molecule has 0 radical (unpaired) electrons. The average Bonchev–Trinajstić information content (AvgIpc) is 2.27. The van der Waals surface area contributed by atoms with Crippen LogP contribution in [0.4, 0.5) is 0 Å². The lowest BCUT2D eigenvalue weighted by atomic mass is 9.98. The number of carbonyl (C=O) groups excluding carboxylic acids is 1. The van der Waals surface area contributed by atoms with Crippen LogP contribution in [0.25, 0.3) is 0 Å². The topological polar surface area (TPSA) is 32.3 Å². The van der Waals surface area contributed by atoms with Crippen molar-refractivity contribution in [2.24, 2.45) is 5.92 Å². The van der Waals surface area contributed by atoms with E-state index in [1.54, 1.807) is 11.8 Å². The fourth-order valence-corrected chi connectivity index (χ4v) is 2.56. The Morgan fingerprint density at radius 2 is 2.50 bits per heavy atom. The predicted octanol–water partition coefficient (Wildman–Crippen LogP) is 1.36. The minimum absolute atomic E-state index is 0.153. The van der Waals surface area contributed by atoms with E-state index in [1.165, 1.54) is 19.4 Å². The van der Waals surface area contributed by atoms with E-state index in [4.69, 9.17) is 0 Å². The average molecular weight is 242 g/mol. The molecule has 92 valence electrons. The van der Waals surface area contributed by atoms with Gasteiger partial charge in [-0.2, -0.15) is 0 Å². The summed E-state index contributed by atoms with van der Waals surface area (Å²) < 4.78 is 0. The van der Waals surface area contributed by atoms with Crippen molar-refractivity contribution in [3.05, 3.63) is 12.7 Å². The van der Waals surface area contributed by atoms with Gasteiger partial charge in [0.25, 0.3) is 0 Å². The summed E-state index contributed by atoms with van der Waals surface area (Å²) in [5, 5.41) is 3.01. The van der Waals surface area contributed by atoms with Gasteiger partial charge in [0, 0.05) is 18.8 Å². The number of thioether (sulfide) groups is 1. The molecule has 1 saturated heterocycles. The fraction of sp³-hybridized carbons (Fsp3) is 0.750. The van der Waals surface area contributed by atoms with Gasteiger partial charge >= 0.3 is 0 Å². The molecule has 1 atom stereocenters.